The Morgan fingerprint density at radius 1 is 1.08 bits per heavy atom. The van der Waals surface area contributed by atoms with Crippen LogP contribution in [0.4, 0.5) is 14.5 Å². The fourth-order valence-corrected chi connectivity index (χ4v) is 3.89. The first kappa shape index (κ1) is 16.7. The minimum absolute atomic E-state index is 0.124. The summed E-state index contributed by atoms with van der Waals surface area (Å²) in [6.07, 6.45) is 1.09. The molecule has 2 saturated heterocycles. The van der Waals surface area contributed by atoms with E-state index in [2.05, 4.69) is 11.4 Å². The van der Waals surface area contributed by atoms with Crippen molar-refractivity contribution >= 4 is 11.6 Å². The summed E-state index contributed by atoms with van der Waals surface area (Å²) >= 11 is 0. The summed E-state index contributed by atoms with van der Waals surface area (Å²) in [6.45, 7) is 0. The molecule has 4 rings (SSSR count). The fraction of sp³-hybridized carbons (Fsp3) is 0.300. The largest absolute Gasteiger partial charge is 0.373 e. The van der Waals surface area contributed by atoms with Gasteiger partial charge in [0.15, 0.2) is 0 Å². The first-order valence-corrected chi connectivity index (χ1v) is 8.49. The number of rotatable bonds is 3. The van der Waals surface area contributed by atoms with Gasteiger partial charge in [-0.05, 0) is 37.1 Å². The molecule has 2 aromatic rings. The lowest BCUT2D eigenvalue weighted by atomic mass is 9.79. The van der Waals surface area contributed by atoms with Crippen LogP contribution in [0.15, 0.2) is 42.5 Å². The monoisotopic (exact) mass is 354 g/mol. The minimum atomic E-state index is -0.631. The number of anilines is 1. The van der Waals surface area contributed by atoms with Crippen molar-refractivity contribution < 1.29 is 18.3 Å². The van der Waals surface area contributed by atoms with Gasteiger partial charge in [0.1, 0.15) is 11.6 Å². The Morgan fingerprint density at radius 2 is 1.81 bits per heavy atom. The average Bonchev–Trinajstić information content (AvgIpc) is 3.23. The normalized spacial score (nSPS) is 26.5. The van der Waals surface area contributed by atoms with E-state index in [4.69, 9.17) is 4.74 Å². The summed E-state index contributed by atoms with van der Waals surface area (Å²) in [4.78, 5) is 12.6. The summed E-state index contributed by atoms with van der Waals surface area (Å²) < 4.78 is 34.0. The van der Waals surface area contributed by atoms with Gasteiger partial charge < -0.3 is 10.1 Å². The zero-order chi connectivity index (χ0) is 18.3. The lowest BCUT2D eigenvalue weighted by molar-refractivity contribution is -0.122. The van der Waals surface area contributed by atoms with Gasteiger partial charge in [-0.3, -0.25) is 4.79 Å². The highest BCUT2D eigenvalue weighted by Crippen LogP contribution is 2.43. The number of hydrogen-bond acceptors (Lipinski definition) is 3. The van der Waals surface area contributed by atoms with E-state index in [0.717, 1.165) is 18.9 Å². The number of benzene rings is 2. The van der Waals surface area contributed by atoms with E-state index >= 15 is 0 Å². The van der Waals surface area contributed by atoms with E-state index in [-0.39, 0.29) is 34.9 Å². The number of halogens is 2. The Bertz CT molecular complexity index is 909. The van der Waals surface area contributed by atoms with Crippen molar-refractivity contribution in [1.29, 1.82) is 5.26 Å². The van der Waals surface area contributed by atoms with Crippen LogP contribution in [0.3, 0.4) is 0 Å². The number of ether oxygens (including phenoxy) is 1. The van der Waals surface area contributed by atoms with Gasteiger partial charge in [0.05, 0.1) is 30.1 Å². The maximum absolute atomic E-state index is 14.4. The molecule has 2 heterocycles. The van der Waals surface area contributed by atoms with Crippen molar-refractivity contribution in [1.82, 2.24) is 0 Å². The topological polar surface area (TPSA) is 62.1 Å². The summed E-state index contributed by atoms with van der Waals surface area (Å²) in [5, 5.41) is 12.0. The molecule has 1 N–H and O–H groups in total. The Hall–Kier alpha value is -2.78. The molecule has 4 atom stereocenters. The first-order chi connectivity index (χ1) is 12.6. The molecule has 2 aliphatic heterocycles. The van der Waals surface area contributed by atoms with Crippen LogP contribution < -0.4 is 5.32 Å². The maximum Gasteiger partial charge on any atom is 0.231 e. The molecule has 2 fully saturated rings. The molecule has 4 nitrogen and oxygen atoms in total. The fourth-order valence-electron chi connectivity index (χ4n) is 3.89. The van der Waals surface area contributed by atoms with Gasteiger partial charge in [0.2, 0.25) is 5.91 Å². The third-order valence-electron chi connectivity index (χ3n) is 5.13. The quantitative estimate of drug-likeness (QED) is 0.910. The van der Waals surface area contributed by atoms with Gasteiger partial charge in [0.25, 0.3) is 0 Å². The van der Waals surface area contributed by atoms with Gasteiger partial charge in [-0.2, -0.15) is 5.26 Å². The second-order valence-electron chi connectivity index (χ2n) is 6.63. The summed E-state index contributed by atoms with van der Waals surface area (Å²) in [5.74, 6) is -2.51. The van der Waals surface area contributed by atoms with Crippen molar-refractivity contribution in [3.63, 3.8) is 0 Å². The first-order valence-electron chi connectivity index (χ1n) is 8.49. The molecule has 2 bridgehead atoms. The van der Waals surface area contributed by atoms with Gasteiger partial charge in [-0.1, -0.05) is 18.2 Å². The van der Waals surface area contributed by atoms with Crippen molar-refractivity contribution in [2.24, 2.45) is 11.8 Å². The van der Waals surface area contributed by atoms with E-state index in [1.807, 2.05) is 0 Å². The number of nitrogens with one attached hydrogen (secondary N) is 1. The highest BCUT2D eigenvalue weighted by Gasteiger charge is 2.52. The van der Waals surface area contributed by atoms with Crippen LogP contribution >= 0.6 is 0 Å². The molecule has 2 aromatic carbocycles. The van der Waals surface area contributed by atoms with Gasteiger partial charge in [0, 0.05) is 16.8 Å². The second kappa shape index (κ2) is 6.50. The second-order valence-corrected chi connectivity index (χ2v) is 6.63. The van der Waals surface area contributed by atoms with Gasteiger partial charge >= 0.3 is 0 Å². The minimum Gasteiger partial charge on any atom is -0.373 e. The van der Waals surface area contributed by atoms with Crippen LogP contribution in [0.25, 0.3) is 11.1 Å². The van der Waals surface area contributed by atoms with Crippen LogP contribution in [-0.4, -0.2) is 18.1 Å². The number of hydrogen-bond donors (Lipinski definition) is 1. The highest BCUT2D eigenvalue weighted by atomic mass is 19.1. The zero-order valence-corrected chi connectivity index (χ0v) is 13.8. The molecule has 0 saturated carbocycles. The number of nitrogens with zero attached hydrogens (tertiary/aromatic N) is 1. The molecule has 0 aliphatic carbocycles. The number of carbonyl (C=O) groups excluding carboxylic acids is 1. The van der Waals surface area contributed by atoms with Crippen LogP contribution in [0.1, 0.15) is 12.8 Å². The molecule has 0 spiro atoms. The molecule has 2 aliphatic rings. The third-order valence-corrected chi connectivity index (χ3v) is 5.13. The number of fused-ring (bicyclic) bond motifs is 2. The Kier molecular flexibility index (Phi) is 4.17. The van der Waals surface area contributed by atoms with Crippen molar-refractivity contribution in [3.8, 4) is 17.2 Å². The highest BCUT2D eigenvalue weighted by molar-refractivity contribution is 5.94. The van der Waals surface area contributed by atoms with E-state index in [1.165, 1.54) is 30.3 Å². The van der Waals surface area contributed by atoms with E-state index in [0.29, 0.717) is 0 Å². The molecule has 0 aromatic heterocycles. The zero-order valence-electron chi connectivity index (χ0n) is 13.8. The van der Waals surface area contributed by atoms with Crippen molar-refractivity contribution in [3.05, 3.63) is 54.1 Å². The predicted molar refractivity (Wildman–Crippen MR) is 90.9 cm³/mol. The predicted octanol–water partition coefficient (Wildman–Crippen LogP) is 3.89. The molecule has 132 valence electrons. The Balaban J connectivity index is 1.55. The Morgan fingerprint density at radius 3 is 2.54 bits per heavy atom. The summed E-state index contributed by atoms with van der Waals surface area (Å²) in [5.41, 5.74) is 0.556. The SMILES string of the molecule is N#C[C@H]1[C@@H](C(=O)Nc2ccc(-c3ccccc3F)c(F)c2)[C@H]2CC[C@@H]1O2. The van der Waals surface area contributed by atoms with E-state index in [9.17, 15) is 18.8 Å². The van der Waals surface area contributed by atoms with Crippen molar-refractivity contribution in [2.75, 3.05) is 5.32 Å². The molecule has 6 heteroatoms. The molecule has 1 amide bonds. The van der Waals surface area contributed by atoms with Crippen molar-refractivity contribution in [2.45, 2.75) is 25.0 Å². The lowest BCUT2D eigenvalue weighted by Crippen LogP contribution is -2.36. The lowest BCUT2D eigenvalue weighted by Gasteiger charge is -2.22. The summed E-state index contributed by atoms with van der Waals surface area (Å²) in [7, 11) is 0. The molecule has 0 radical (unpaired) electrons. The summed E-state index contributed by atoms with van der Waals surface area (Å²) in [6, 6.07) is 12.2. The number of carbonyl (C=O) groups is 1. The standard InChI is InChI=1S/C20H16F2N2O2/c21-15-4-2-1-3-12(15)13-6-5-11(9-16(13)22)24-20(25)19-14(10-23)17-7-8-18(19)26-17/h1-6,9,14,17-19H,7-8H2,(H,24,25)/t14-,17+,18-,19-/m1/s1. The van der Waals surface area contributed by atoms with Gasteiger partial charge in [-0.15, -0.1) is 0 Å². The van der Waals surface area contributed by atoms with Crippen LogP contribution in [0.2, 0.25) is 0 Å². The number of amides is 1. The van der Waals surface area contributed by atoms with Crippen LogP contribution in [0.5, 0.6) is 0 Å². The van der Waals surface area contributed by atoms with E-state index in [1.54, 1.807) is 6.07 Å². The molecule has 0 unspecified atom stereocenters. The van der Waals surface area contributed by atoms with Crippen LogP contribution in [0, 0.1) is 34.8 Å². The molecule has 26 heavy (non-hydrogen) atoms. The third kappa shape index (κ3) is 2.74. The van der Waals surface area contributed by atoms with Crippen LogP contribution in [-0.2, 0) is 9.53 Å². The maximum atomic E-state index is 14.4. The van der Waals surface area contributed by atoms with Gasteiger partial charge in [-0.25, -0.2) is 8.78 Å². The van der Waals surface area contributed by atoms with E-state index < -0.39 is 23.5 Å². The Labute approximate surface area is 149 Å². The average molecular weight is 354 g/mol. The molecular weight excluding hydrogens is 338 g/mol. The molecular formula is C20H16F2N2O2. The number of nitriles is 1. The smallest absolute Gasteiger partial charge is 0.231 e.